The first-order chi connectivity index (χ1) is 9.03. The number of rotatable bonds is 5. The van der Waals surface area contributed by atoms with Crippen molar-refractivity contribution in [1.29, 1.82) is 0 Å². The normalized spacial score (nSPS) is 11.7. The molecule has 0 radical (unpaired) electrons. The maximum atomic E-state index is 4.42. The molecule has 0 aliphatic carbocycles. The molecule has 2 aromatic rings. The number of nitrogens with one attached hydrogen (secondary N) is 2. The third kappa shape index (κ3) is 5.09. The van der Waals surface area contributed by atoms with E-state index >= 15 is 0 Å². The lowest BCUT2D eigenvalue weighted by atomic mass is 10.1. The van der Waals surface area contributed by atoms with Gasteiger partial charge >= 0.3 is 0 Å². The topological polar surface area (TPSA) is 40.7 Å². The molecule has 0 saturated heterocycles. The van der Waals surface area contributed by atoms with Gasteiger partial charge in [0.15, 0.2) is 0 Å². The molecule has 0 fully saturated rings. The third-order valence-electron chi connectivity index (χ3n) is 2.61. The molecule has 2 rings (SSSR count). The molecule has 2 N–H and O–H groups in total. The van der Waals surface area contributed by atoms with Gasteiger partial charge in [0.25, 0.3) is 0 Å². The minimum Gasteiger partial charge on any atom is -0.344 e. The van der Waals surface area contributed by atoms with Crippen molar-refractivity contribution in [3.05, 3.63) is 48.0 Å². The third-order valence-corrected chi connectivity index (χ3v) is 3.63. The zero-order valence-electron chi connectivity index (χ0n) is 11.7. The molecule has 0 spiro atoms. The second-order valence-corrected chi connectivity index (χ2v) is 6.61. The molecule has 3 nitrogen and oxygen atoms in total. The molecule has 0 saturated carbocycles. The van der Waals surface area contributed by atoms with Gasteiger partial charge in [-0.1, -0.05) is 18.2 Å². The summed E-state index contributed by atoms with van der Waals surface area (Å²) in [6.45, 7) is 7.31. The van der Waals surface area contributed by atoms with Gasteiger partial charge < -0.3 is 10.3 Å². The molecule has 1 heterocycles. The van der Waals surface area contributed by atoms with E-state index in [1.165, 1.54) is 4.90 Å². The highest BCUT2D eigenvalue weighted by Gasteiger charge is 2.09. The molecule has 1 aromatic carbocycles. The van der Waals surface area contributed by atoms with Crippen molar-refractivity contribution in [2.24, 2.45) is 0 Å². The monoisotopic (exact) mass is 275 g/mol. The summed E-state index contributed by atoms with van der Waals surface area (Å²) in [6, 6.07) is 10.4. The minimum atomic E-state index is 0.129. The SMILES string of the molecule is CC(C)(C)NCc1cnc(CSc2ccccc2)[nH]1. The van der Waals surface area contributed by atoms with Gasteiger partial charge in [0.05, 0.1) is 5.75 Å². The van der Waals surface area contributed by atoms with Crippen LogP contribution in [-0.4, -0.2) is 15.5 Å². The Bertz CT molecular complexity index is 500. The van der Waals surface area contributed by atoms with Crippen LogP contribution < -0.4 is 5.32 Å². The summed E-state index contributed by atoms with van der Waals surface area (Å²) >= 11 is 1.80. The Morgan fingerprint density at radius 2 is 1.95 bits per heavy atom. The largest absolute Gasteiger partial charge is 0.344 e. The van der Waals surface area contributed by atoms with Crippen molar-refractivity contribution in [3.63, 3.8) is 0 Å². The summed E-state index contributed by atoms with van der Waals surface area (Å²) < 4.78 is 0. The van der Waals surface area contributed by atoms with Crippen LogP contribution in [0.2, 0.25) is 0 Å². The molecule has 0 aliphatic heterocycles. The van der Waals surface area contributed by atoms with E-state index in [-0.39, 0.29) is 5.54 Å². The highest BCUT2D eigenvalue weighted by atomic mass is 32.2. The number of hydrogen-bond acceptors (Lipinski definition) is 3. The van der Waals surface area contributed by atoms with Crippen molar-refractivity contribution < 1.29 is 0 Å². The molecular weight excluding hydrogens is 254 g/mol. The summed E-state index contributed by atoms with van der Waals surface area (Å²) in [7, 11) is 0. The van der Waals surface area contributed by atoms with Gasteiger partial charge in [0.2, 0.25) is 0 Å². The highest BCUT2D eigenvalue weighted by molar-refractivity contribution is 7.98. The number of imidazole rings is 1. The standard InChI is InChI=1S/C15H21N3S/c1-15(2,3)17-10-12-9-16-14(18-12)11-19-13-7-5-4-6-8-13/h4-9,17H,10-11H2,1-3H3,(H,16,18). The van der Waals surface area contributed by atoms with Crippen molar-refractivity contribution in [2.45, 2.75) is 43.5 Å². The van der Waals surface area contributed by atoms with Crippen LogP contribution in [0.1, 0.15) is 32.3 Å². The molecule has 1 aromatic heterocycles. The van der Waals surface area contributed by atoms with Gasteiger partial charge in [-0.05, 0) is 32.9 Å². The lowest BCUT2D eigenvalue weighted by Crippen LogP contribution is -2.35. The first-order valence-corrected chi connectivity index (χ1v) is 7.47. The predicted molar refractivity (Wildman–Crippen MR) is 81.2 cm³/mol. The van der Waals surface area contributed by atoms with Gasteiger partial charge in [0.1, 0.15) is 5.82 Å². The molecule has 0 atom stereocenters. The molecular formula is C15H21N3S. The van der Waals surface area contributed by atoms with E-state index in [9.17, 15) is 0 Å². The van der Waals surface area contributed by atoms with Crippen molar-refractivity contribution in [3.8, 4) is 0 Å². The first kappa shape index (κ1) is 14.2. The fourth-order valence-electron chi connectivity index (χ4n) is 1.60. The van der Waals surface area contributed by atoms with E-state index in [2.05, 4.69) is 60.3 Å². The Hall–Kier alpha value is -1.26. The van der Waals surface area contributed by atoms with E-state index in [0.717, 1.165) is 23.8 Å². The Labute approximate surface area is 119 Å². The summed E-state index contributed by atoms with van der Waals surface area (Å²) in [5.41, 5.74) is 1.27. The van der Waals surface area contributed by atoms with Crippen LogP contribution in [0.25, 0.3) is 0 Å². The molecule has 0 amide bonds. The van der Waals surface area contributed by atoms with Crippen LogP contribution in [0, 0.1) is 0 Å². The van der Waals surface area contributed by atoms with Gasteiger partial charge in [0, 0.05) is 28.9 Å². The average molecular weight is 275 g/mol. The zero-order valence-corrected chi connectivity index (χ0v) is 12.6. The Morgan fingerprint density at radius 1 is 1.21 bits per heavy atom. The molecule has 102 valence electrons. The summed E-state index contributed by atoms with van der Waals surface area (Å²) in [6.07, 6.45) is 1.92. The number of aromatic nitrogens is 2. The van der Waals surface area contributed by atoms with Crippen LogP contribution in [0.5, 0.6) is 0 Å². The minimum absolute atomic E-state index is 0.129. The number of nitrogens with zero attached hydrogens (tertiary/aromatic N) is 1. The van der Waals surface area contributed by atoms with E-state index < -0.39 is 0 Å². The second-order valence-electron chi connectivity index (χ2n) is 5.56. The smallest absolute Gasteiger partial charge is 0.116 e. The Morgan fingerprint density at radius 3 is 2.63 bits per heavy atom. The van der Waals surface area contributed by atoms with Gasteiger partial charge in [-0.3, -0.25) is 0 Å². The van der Waals surface area contributed by atoms with E-state index in [1.807, 2.05) is 12.3 Å². The number of benzene rings is 1. The van der Waals surface area contributed by atoms with Crippen molar-refractivity contribution in [1.82, 2.24) is 15.3 Å². The maximum Gasteiger partial charge on any atom is 0.116 e. The van der Waals surface area contributed by atoms with Crippen LogP contribution in [-0.2, 0) is 12.3 Å². The number of hydrogen-bond donors (Lipinski definition) is 2. The zero-order chi connectivity index (χ0) is 13.7. The van der Waals surface area contributed by atoms with Crippen molar-refractivity contribution in [2.75, 3.05) is 0 Å². The summed E-state index contributed by atoms with van der Waals surface area (Å²) in [5, 5.41) is 3.45. The first-order valence-electron chi connectivity index (χ1n) is 6.48. The number of aromatic amines is 1. The molecule has 19 heavy (non-hydrogen) atoms. The summed E-state index contributed by atoms with van der Waals surface area (Å²) in [5.74, 6) is 1.90. The van der Waals surface area contributed by atoms with E-state index in [0.29, 0.717) is 0 Å². The van der Waals surface area contributed by atoms with Gasteiger partial charge in [-0.25, -0.2) is 4.98 Å². The van der Waals surface area contributed by atoms with Crippen LogP contribution in [0.4, 0.5) is 0 Å². The van der Waals surface area contributed by atoms with E-state index in [1.54, 1.807) is 11.8 Å². The Balaban J connectivity index is 1.84. The predicted octanol–water partition coefficient (Wildman–Crippen LogP) is 3.59. The lowest BCUT2D eigenvalue weighted by molar-refractivity contribution is 0.421. The molecule has 0 bridgehead atoms. The lowest BCUT2D eigenvalue weighted by Gasteiger charge is -2.19. The number of H-pyrrole nitrogens is 1. The van der Waals surface area contributed by atoms with Crippen LogP contribution in [0.3, 0.4) is 0 Å². The van der Waals surface area contributed by atoms with Crippen LogP contribution in [0.15, 0.2) is 41.4 Å². The average Bonchev–Trinajstić information content (AvgIpc) is 2.82. The fraction of sp³-hybridized carbons (Fsp3) is 0.400. The molecule has 0 aliphatic rings. The number of thioether (sulfide) groups is 1. The molecule has 4 heteroatoms. The van der Waals surface area contributed by atoms with Crippen LogP contribution >= 0.6 is 11.8 Å². The van der Waals surface area contributed by atoms with Gasteiger partial charge in [-0.15, -0.1) is 11.8 Å². The van der Waals surface area contributed by atoms with E-state index in [4.69, 9.17) is 0 Å². The second kappa shape index (κ2) is 6.26. The van der Waals surface area contributed by atoms with Crippen molar-refractivity contribution >= 4 is 11.8 Å². The summed E-state index contributed by atoms with van der Waals surface area (Å²) in [4.78, 5) is 9.05. The quantitative estimate of drug-likeness (QED) is 0.819. The Kier molecular flexibility index (Phi) is 4.66. The maximum absolute atomic E-state index is 4.42. The highest BCUT2D eigenvalue weighted by Crippen LogP contribution is 2.20. The fourth-order valence-corrected chi connectivity index (χ4v) is 2.40. The molecule has 0 unspecified atom stereocenters. The van der Waals surface area contributed by atoms with Gasteiger partial charge in [-0.2, -0.15) is 0 Å².